The summed E-state index contributed by atoms with van der Waals surface area (Å²) in [6.07, 6.45) is 0.388. The molecule has 2 aliphatic heterocycles. The molecule has 0 spiro atoms. The zero-order valence-corrected chi connectivity index (χ0v) is 23.0. The van der Waals surface area contributed by atoms with Gasteiger partial charge in [-0.3, -0.25) is 19.3 Å². The van der Waals surface area contributed by atoms with Gasteiger partial charge >= 0.3 is 0 Å². The van der Waals surface area contributed by atoms with E-state index in [-0.39, 0.29) is 23.6 Å². The number of rotatable bonds is 7. The molecule has 0 saturated carbocycles. The molecule has 1 saturated heterocycles. The van der Waals surface area contributed by atoms with Crippen LogP contribution in [-0.2, 0) is 20.7 Å². The molecule has 5 rings (SSSR count). The van der Waals surface area contributed by atoms with Gasteiger partial charge in [0.15, 0.2) is 0 Å². The predicted molar refractivity (Wildman–Crippen MR) is 150 cm³/mol. The lowest BCUT2D eigenvalue weighted by atomic mass is 9.87. The van der Waals surface area contributed by atoms with E-state index in [1.165, 1.54) is 4.90 Å². The molecule has 9 nitrogen and oxygen atoms in total. The number of hydrogen-bond acceptors (Lipinski definition) is 5. The first-order valence-electron chi connectivity index (χ1n) is 13.2. The van der Waals surface area contributed by atoms with Gasteiger partial charge in [-0.05, 0) is 29.3 Å². The van der Waals surface area contributed by atoms with Crippen molar-refractivity contribution in [2.24, 2.45) is 0 Å². The predicted octanol–water partition coefficient (Wildman–Crippen LogP) is 2.40. The van der Waals surface area contributed by atoms with E-state index in [4.69, 9.17) is 16.3 Å². The highest BCUT2D eigenvalue weighted by Crippen LogP contribution is 2.41. The molecule has 10 heteroatoms. The van der Waals surface area contributed by atoms with Crippen LogP contribution < -0.4 is 5.32 Å². The number of aromatic amines is 1. The second-order valence-corrected chi connectivity index (χ2v) is 10.5. The normalized spacial score (nSPS) is 19.5. The van der Waals surface area contributed by atoms with Gasteiger partial charge in [0.2, 0.25) is 11.8 Å². The summed E-state index contributed by atoms with van der Waals surface area (Å²) in [5.74, 6) is -0.881. The fourth-order valence-corrected chi connectivity index (χ4v) is 5.71. The van der Waals surface area contributed by atoms with Gasteiger partial charge in [0.1, 0.15) is 11.9 Å². The molecule has 1 aromatic heterocycles. The van der Waals surface area contributed by atoms with Gasteiger partial charge in [-0.1, -0.05) is 30.3 Å². The number of morpholine rings is 1. The van der Waals surface area contributed by atoms with E-state index in [0.29, 0.717) is 18.5 Å². The van der Waals surface area contributed by atoms with Crippen molar-refractivity contribution in [2.75, 3.05) is 59.4 Å². The van der Waals surface area contributed by atoms with Crippen molar-refractivity contribution < 1.29 is 19.1 Å². The Hall–Kier alpha value is -3.40. The van der Waals surface area contributed by atoms with E-state index < -0.39 is 12.1 Å². The number of amides is 3. The summed E-state index contributed by atoms with van der Waals surface area (Å²) >= 11 is 6.08. The zero-order chi connectivity index (χ0) is 27.5. The number of nitrogens with zero attached hydrogens (tertiary/aromatic N) is 3. The molecule has 3 heterocycles. The second-order valence-electron chi connectivity index (χ2n) is 10.2. The molecule has 2 aromatic carbocycles. The molecule has 2 atom stereocenters. The Morgan fingerprint density at radius 1 is 1.08 bits per heavy atom. The fraction of sp³-hybridized carbons (Fsp3) is 0.414. The number of carbonyl (C=O) groups is 3. The zero-order valence-electron chi connectivity index (χ0n) is 22.3. The minimum absolute atomic E-state index is 0.154. The summed E-state index contributed by atoms with van der Waals surface area (Å²) in [6.45, 7) is 4.51. The van der Waals surface area contributed by atoms with E-state index in [1.807, 2.05) is 36.4 Å². The largest absolute Gasteiger partial charge is 0.379 e. The number of para-hydroxylation sites is 1. The van der Waals surface area contributed by atoms with Crippen molar-refractivity contribution in [1.29, 1.82) is 0 Å². The molecule has 3 aromatic rings. The summed E-state index contributed by atoms with van der Waals surface area (Å²) in [5, 5.41) is 4.02. The molecule has 206 valence electrons. The Morgan fingerprint density at radius 2 is 1.79 bits per heavy atom. The van der Waals surface area contributed by atoms with E-state index >= 15 is 0 Å². The topological polar surface area (TPSA) is 98.0 Å². The number of benzene rings is 2. The third-order valence-electron chi connectivity index (χ3n) is 7.57. The highest BCUT2D eigenvalue weighted by Gasteiger charge is 2.43. The molecule has 2 aliphatic rings. The molecule has 0 aliphatic carbocycles. The van der Waals surface area contributed by atoms with Crippen LogP contribution in [-0.4, -0.2) is 103 Å². The van der Waals surface area contributed by atoms with Crippen LogP contribution in [0.25, 0.3) is 10.9 Å². The number of ether oxygens (including phenoxy) is 1. The summed E-state index contributed by atoms with van der Waals surface area (Å²) in [4.78, 5) is 48.3. The van der Waals surface area contributed by atoms with E-state index in [1.54, 1.807) is 31.1 Å². The monoisotopic (exact) mass is 551 g/mol. The third kappa shape index (κ3) is 5.52. The number of carbonyl (C=O) groups excluding carboxylic acids is 3. The maximum Gasteiger partial charge on any atom is 0.251 e. The van der Waals surface area contributed by atoms with Crippen molar-refractivity contribution in [2.45, 2.75) is 18.5 Å². The van der Waals surface area contributed by atoms with Gasteiger partial charge in [-0.25, -0.2) is 0 Å². The van der Waals surface area contributed by atoms with Gasteiger partial charge in [0.25, 0.3) is 5.91 Å². The molecular formula is C29H34ClN5O4. The number of H-pyrrole nitrogens is 1. The van der Waals surface area contributed by atoms with Crippen LogP contribution in [0.4, 0.5) is 0 Å². The Kier molecular flexibility index (Phi) is 8.20. The standard InChI is InChI=1S/C29H34ClN5O4/c1-33(2)29(38)24-17-22-21-5-3-4-6-23(21)32-26(22)27(35(24)25(36)18-30)19-7-9-20(10-8-19)28(37)31-11-12-34-13-15-39-16-14-34/h3-10,24,27,32H,11-18H2,1-2H3,(H,31,37)/t24-,27+/m1/s1. The maximum absolute atomic E-state index is 13.3. The number of nitrogens with one attached hydrogen (secondary N) is 2. The van der Waals surface area contributed by atoms with Crippen LogP contribution in [0.3, 0.4) is 0 Å². The Bertz CT molecular complexity index is 1350. The number of alkyl halides is 1. The summed E-state index contributed by atoms with van der Waals surface area (Å²) < 4.78 is 5.37. The fourth-order valence-electron chi connectivity index (χ4n) is 5.57. The van der Waals surface area contributed by atoms with E-state index in [9.17, 15) is 14.4 Å². The van der Waals surface area contributed by atoms with E-state index in [0.717, 1.165) is 60.6 Å². The Labute approximate surface area is 233 Å². The van der Waals surface area contributed by atoms with Gasteiger partial charge in [-0.15, -0.1) is 11.6 Å². The smallest absolute Gasteiger partial charge is 0.251 e. The summed E-state index contributed by atoms with van der Waals surface area (Å²) in [6, 6.07) is 13.9. The van der Waals surface area contributed by atoms with Crippen molar-refractivity contribution in [3.05, 3.63) is 70.9 Å². The lowest BCUT2D eigenvalue weighted by Crippen LogP contribution is -2.54. The third-order valence-corrected chi connectivity index (χ3v) is 7.79. The molecule has 1 fully saturated rings. The molecule has 2 N–H and O–H groups in total. The Morgan fingerprint density at radius 3 is 2.49 bits per heavy atom. The van der Waals surface area contributed by atoms with E-state index in [2.05, 4.69) is 15.2 Å². The van der Waals surface area contributed by atoms with Crippen molar-refractivity contribution in [3.8, 4) is 0 Å². The van der Waals surface area contributed by atoms with Crippen molar-refractivity contribution >= 4 is 40.2 Å². The molecule has 0 radical (unpaired) electrons. The Balaban J connectivity index is 1.45. The molecule has 39 heavy (non-hydrogen) atoms. The maximum atomic E-state index is 13.3. The minimum atomic E-state index is -0.703. The van der Waals surface area contributed by atoms with Crippen LogP contribution in [0.1, 0.15) is 33.2 Å². The first-order chi connectivity index (χ1) is 18.9. The highest BCUT2D eigenvalue weighted by molar-refractivity contribution is 6.27. The molecule has 0 unspecified atom stereocenters. The molecule has 3 amide bonds. The lowest BCUT2D eigenvalue weighted by molar-refractivity contribution is -0.145. The number of aromatic nitrogens is 1. The minimum Gasteiger partial charge on any atom is -0.379 e. The van der Waals surface area contributed by atoms with Crippen molar-refractivity contribution in [1.82, 2.24) is 25.0 Å². The van der Waals surface area contributed by atoms with Gasteiger partial charge in [-0.2, -0.15) is 0 Å². The first-order valence-corrected chi connectivity index (χ1v) is 13.8. The van der Waals surface area contributed by atoms with Crippen LogP contribution in [0.15, 0.2) is 48.5 Å². The number of fused-ring (bicyclic) bond motifs is 3. The van der Waals surface area contributed by atoms with Crippen molar-refractivity contribution in [3.63, 3.8) is 0 Å². The lowest BCUT2D eigenvalue weighted by Gasteiger charge is -2.42. The number of hydrogen-bond donors (Lipinski definition) is 2. The SMILES string of the molecule is CN(C)C(=O)[C@H]1Cc2c([nH]c3ccccc23)[C@H](c2ccc(C(=O)NCCN3CCOCC3)cc2)N1C(=O)CCl. The molecular weight excluding hydrogens is 518 g/mol. The van der Waals surface area contributed by atoms with Gasteiger partial charge in [0.05, 0.1) is 19.3 Å². The van der Waals surface area contributed by atoms with Gasteiger partial charge in [0, 0.05) is 68.9 Å². The summed E-state index contributed by atoms with van der Waals surface area (Å²) in [5.41, 5.74) is 4.14. The average Bonchev–Trinajstić information content (AvgIpc) is 3.34. The molecule has 0 bridgehead atoms. The highest BCUT2D eigenvalue weighted by atomic mass is 35.5. The number of halogens is 1. The summed E-state index contributed by atoms with van der Waals surface area (Å²) in [7, 11) is 3.38. The number of likely N-dealkylation sites (N-methyl/N-ethyl adjacent to an activating group) is 1. The second kappa shape index (κ2) is 11.8. The van der Waals surface area contributed by atoms with Gasteiger partial charge < -0.3 is 24.8 Å². The average molecular weight is 552 g/mol. The van der Waals surface area contributed by atoms with Crippen LogP contribution in [0.2, 0.25) is 0 Å². The quantitative estimate of drug-likeness (QED) is 0.440. The van der Waals surface area contributed by atoms with Crippen LogP contribution in [0, 0.1) is 0 Å². The van der Waals surface area contributed by atoms with Crippen LogP contribution in [0.5, 0.6) is 0 Å². The van der Waals surface area contributed by atoms with Crippen LogP contribution >= 0.6 is 11.6 Å². The first kappa shape index (κ1) is 27.2.